The summed E-state index contributed by atoms with van der Waals surface area (Å²) in [7, 11) is 1.85. The minimum Gasteiger partial charge on any atom is -0.380 e. The Labute approximate surface area is 161 Å². The van der Waals surface area contributed by atoms with Gasteiger partial charge < -0.3 is 19.9 Å². The van der Waals surface area contributed by atoms with Crippen molar-refractivity contribution in [1.82, 2.24) is 10.2 Å². The predicted octanol–water partition coefficient (Wildman–Crippen LogP) is 2.88. The molecule has 132 valence electrons. The summed E-state index contributed by atoms with van der Waals surface area (Å²) in [6.45, 7) is 8.72. The number of halogens is 1. The monoisotopic (exact) mass is 452 g/mol. The third kappa shape index (κ3) is 6.84. The zero-order chi connectivity index (χ0) is 15.6. The third-order valence-corrected chi connectivity index (χ3v) is 4.71. The lowest BCUT2D eigenvalue weighted by molar-refractivity contribution is 0.135. The Kier molecular flexibility index (Phi) is 10.6. The number of hydrogen-bond acceptors (Lipinski definition) is 4. The Hall–Kier alpha value is -0.540. The highest BCUT2D eigenvalue weighted by atomic mass is 127. The summed E-state index contributed by atoms with van der Waals surface area (Å²) in [4.78, 5) is 9.17. The number of nitrogens with one attached hydrogen (secondary N) is 1. The molecule has 0 aromatic carbocycles. The van der Waals surface area contributed by atoms with Gasteiger partial charge in [0.2, 0.25) is 0 Å². The molecule has 1 aromatic heterocycles. The molecule has 0 saturated carbocycles. The quantitative estimate of drug-likeness (QED) is 0.299. The molecule has 0 spiro atoms. The van der Waals surface area contributed by atoms with Crippen molar-refractivity contribution in [3.8, 4) is 0 Å². The van der Waals surface area contributed by atoms with E-state index in [2.05, 4.69) is 44.5 Å². The molecular weight excluding hydrogens is 423 g/mol. The van der Waals surface area contributed by atoms with Gasteiger partial charge in [-0.05, 0) is 23.9 Å². The molecule has 1 aliphatic heterocycles. The minimum atomic E-state index is 0. The van der Waals surface area contributed by atoms with Crippen LogP contribution >= 0.6 is 35.3 Å². The fourth-order valence-electron chi connectivity index (χ4n) is 2.50. The van der Waals surface area contributed by atoms with Crippen molar-refractivity contribution in [3.63, 3.8) is 0 Å². The number of guanidine groups is 1. The average Bonchev–Trinajstić information content (AvgIpc) is 3.09. The second kappa shape index (κ2) is 11.9. The molecule has 0 aliphatic carbocycles. The molecule has 5 nitrogen and oxygen atoms in total. The summed E-state index contributed by atoms with van der Waals surface area (Å²) >= 11 is 1.81. The zero-order valence-corrected chi connectivity index (χ0v) is 17.3. The molecule has 0 amide bonds. The van der Waals surface area contributed by atoms with E-state index in [0.717, 1.165) is 58.3 Å². The summed E-state index contributed by atoms with van der Waals surface area (Å²) in [6.07, 6.45) is 2.32. The highest BCUT2D eigenvalue weighted by Gasteiger charge is 2.19. The predicted molar refractivity (Wildman–Crippen MR) is 111 cm³/mol. The second-order valence-electron chi connectivity index (χ2n) is 5.37. The molecule has 1 saturated heterocycles. The topological polar surface area (TPSA) is 40.1 Å². The first-order valence-electron chi connectivity index (χ1n) is 8.17. The van der Waals surface area contributed by atoms with Crippen LogP contribution in [0.25, 0.3) is 0 Å². The molecule has 2 rings (SSSR count). The summed E-state index contributed by atoms with van der Waals surface area (Å²) in [5.74, 6) is 0.991. The van der Waals surface area contributed by atoms with Crippen LogP contribution in [0.1, 0.15) is 19.8 Å². The van der Waals surface area contributed by atoms with Gasteiger partial charge in [-0.1, -0.05) is 13.3 Å². The van der Waals surface area contributed by atoms with Crippen molar-refractivity contribution in [1.29, 1.82) is 0 Å². The summed E-state index contributed by atoms with van der Waals surface area (Å²) in [6, 6.07) is 4.31. The van der Waals surface area contributed by atoms with Gasteiger partial charge in [0.25, 0.3) is 0 Å². The molecule has 0 radical (unpaired) electrons. The van der Waals surface area contributed by atoms with Crippen LogP contribution in [0.2, 0.25) is 0 Å². The van der Waals surface area contributed by atoms with Crippen LogP contribution in [0.3, 0.4) is 0 Å². The lowest BCUT2D eigenvalue weighted by atomic mass is 10.3. The SMILES string of the molecule is CCCCOCCNC(=NC)N1CCN(c2cccs2)CC1.I. The summed E-state index contributed by atoms with van der Waals surface area (Å²) in [5.41, 5.74) is 0. The minimum absolute atomic E-state index is 0. The van der Waals surface area contributed by atoms with E-state index >= 15 is 0 Å². The fraction of sp³-hybridized carbons (Fsp3) is 0.688. The summed E-state index contributed by atoms with van der Waals surface area (Å²) < 4.78 is 5.58. The van der Waals surface area contributed by atoms with Crippen molar-refractivity contribution in [2.45, 2.75) is 19.8 Å². The first-order chi connectivity index (χ1) is 10.8. The van der Waals surface area contributed by atoms with Gasteiger partial charge in [0, 0.05) is 46.4 Å². The molecule has 1 fully saturated rings. The second-order valence-corrected chi connectivity index (χ2v) is 6.29. The van der Waals surface area contributed by atoms with Gasteiger partial charge in [-0.3, -0.25) is 4.99 Å². The Morgan fingerprint density at radius 1 is 1.30 bits per heavy atom. The Balaban J connectivity index is 0.00000264. The van der Waals surface area contributed by atoms with Crippen LogP contribution in [0.15, 0.2) is 22.5 Å². The number of nitrogens with zero attached hydrogens (tertiary/aromatic N) is 3. The molecule has 0 bridgehead atoms. The van der Waals surface area contributed by atoms with Gasteiger partial charge in [-0.2, -0.15) is 0 Å². The number of piperazine rings is 1. The van der Waals surface area contributed by atoms with Gasteiger partial charge >= 0.3 is 0 Å². The van der Waals surface area contributed by atoms with Crippen LogP contribution in [0.5, 0.6) is 0 Å². The number of hydrogen-bond donors (Lipinski definition) is 1. The van der Waals surface area contributed by atoms with Crippen LogP contribution in [-0.4, -0.2) is 63.8 Å². The van der Waals surface area contributed by atoms with E-state index in [1.807, 2.05) is 18.4 Å². The molecule has 0 unspecified atom stereocenters. The molecule has 1 aliphatic rings. The average molecular weight is 452 g/mol. The molecule has 23 heavy (non-hydrogen) atoms. The van der Waals surface area contributed by atoms with Crippen molar-refractivity contribution in [2.75, 3.05) is 57.9 Å². The van der Waals surface area contributed by atoms with Gasteiger partial charge in [0.05, 0.1) is 11.6 Å². The van der Waals surface area contributed by atoms with Crippen molar-refractivity contribution in [3.05, 3.63) is 17.5 Å². The van der Waals surface area contributed by atoms with Crippen molar-refractivity contribution in [2.24, 2.45) is 4.99 Å². The van der Waals surface area contributed by atoms with Crippen LogP contribution in [0, 0.1) is 0 Å². The number of ether oxygens (including phenoxy) is 1. The normalized spacial score (nSPS) is 15.5. The number of rotatable bonds is 7. The first-order valence-corrected chi connectivity index (χ1v) is 9.05. The Morgan fingerprint density at radius 2 is 2.09 bits per heavy atom. The van der Waals surface area contributed by atoms with E-state index in [9.17, 15) is 0 Å². The van der Waals surface area contributed by atoms with Crippen molar-refractivity contribution < 1.29 is 4.74 Å². The largest absolute Gasteiger partial charge is 0.380 e. The maximum absolute atomic E-state index is 5.58. The van der Waals surface area contributed by atoms with Crippen LogP contribution < -0.4 is 10.2 Å². The standard InChI is InChI=1S/C16H28N4OS.HI/c1-3-4-12-21-13-7-18-16(17-2)20-10-8-19(9-11-20)15-6-5-14-22-15;/h5-6,14H,3-4,7-13H2,1-2H3,(H,17,18);1H. The molecule has 0 atom stereocenters. The van der Waals surface area contributed by atoms with Crippen LogP contribution in [0.4, 0.5) is 5.00 Å². The van der Waals surface area contributed by atoms with Gasteiger partial charge in [-0.25, -0.2) is 0 Å². The van der Waals surface area contributed by atoms with E-state index in [1.54, 1.807) is 0 Å². The van der Waals surface area contributed by atoms with Gasteiger partial charge in [-0.15, -0.1) is 35.3 Å². The smallest absolute Gasteiger partial charge is 0.193 e. The molecule has 1 N–H and O–H groups in total. The highest BCUT2D eigenvalue weighted by molar-refractivity contribution is 14.0. The van der Waals surface area contributed by atoms with E-state index in [4.69, 9.17) is 4.74 Å². The summed E-state index contributed by atoms with van der Waals surface area (Å²) in [5, 5.41) is 6.91. The van der Waals surface area contributed by atoms with Gasteiger partial charge in [0.1, 0.15) is 0 Å². The fourth-order valence-corrected chi connectivity index (χ4v) is 3.29. The molecular formula is C16H29IN4OS. The van der Waals surface area contributed by atoms with E-state index < -0.39 is 0 Å². The van der Waals surface area contributed by atoms with Gasteiger partial charge in [0.15, 0.2) is 5.96 Å². The maximum Gasteiger partial charge on any atom is 0.193 e. The Bertz CT molecular complexity index is 433. The number of unbranched alkanes of at least 4 members (excludes halogenated alkanes) is 1. The number of aliphatic imine (C=N–C) groups is 1. The van der Waals surface area contributed by atoms with Crippen molar-refractivity contribution >= 4 is 46.3 Å². The lowest BCUT2D eigenvalue weighted by Gasteiger charge is -2.37. The van der Waals surface area contributed by atoms with E-state index in [-0.39, 0.29) is 24.0 Å². The maximum atomic E-state index is 5.58. The van der Waals surface area contributed by atoms with E-state index in [0.29, 0.717) is 0 Å². The number of anilines is 1. The Morgan fingerprint density at radius 3 is 2.70 bits per heavy atom. The van der Waals surface area contributed by atoms with Crippen LogP contribution in [-0.2, 0) is 4.74 Å². The first kappa shape index (κ1) is 20.5. The number of thiophene rings is 1. The van der Waals surface area contributed by atoms with E-state index in [1.165, 1.54) is 11.4 Å². The highest BCUT2D eigenvalue weighted by Crippen LogP contribution is 2.22. The third-order valence-electron chi connectivity index (χ3n) is 3.78. The molecule has 2 heterocycles. The molecule has 1 aromatic rings. The lowest BCUT2D eigenvalue weighted by Crippen LogP contribution is -2.52. The molecule has 7 heteroatoms. The zero-order valence-electron chi connectivity index (χ0n) is 14.2.